The minimum absolute atomic E-state index is 0.589. The van der Waals surface area contributed by atoms with Crippen molar-refractivity contribution in [1.82, 2.24) is 15.0 Å². The van der Waals surface area contributed by atoms with Gasteiger partial charge in [-0.1, -0.05) is 170 Å². The first kappa shape index (κ1) is 32.7. The van der Waals surface area contributed by atoms with Gasteiger partial charge in [-0.15, -0.1) is 11.3 Å². The van der Waals surface area contributed by atoms with E-state index < -0.39 is 0 Å². The van der Waals surface area contributed by atoms with Gasteiger partial charge in [-0.3, -0.25) is 0 Å². The summed E-state index contributed by atoms with van der Waals surface area (Å²) in [5.74, 6) is 1.81. The molecule has 4 nitrogen and oxygen atoms in total. The fraction of sp³-hybridized carbons (Fsp3) is 0. The zero-order valence-electron chi connectivity index (χ0n) is 31.1. The van der Waals surface area contributed by atoms with Gasteiger partial charge in [-0.2, -0.15) is 0 Å². The Bertz CT molecular complexity index is 3590. The minimum atomic E-state index is 0.589. The summed E-state index contributed by atoms with van der Waals surface area (Å²) < 4.78 is 9.10. The number of benzene rings is 9. The summed E-state index contributed by atoms with van der Waals surface area (Å²) in [4.78, 5) is 16.0. The highest BCUT2D eigenvalue weighted by Gasteiger charge is 2.22. The number of hydrogen-bond donors (Lipinski definition) is 0. The van der Waals surface area contributed by atoms with Gasteiger partial charge in [0.1, 0.15) is 11.2 Å². The van der Waals surface area contributed by atoms with Gasteiger partial charge in [0.15, 0.2) is 17.5 Å². The van der Waals surface area contributed by atoms with Crippen LogP contribution in [0.1, 0.15) is 0 Å². The molecular weight excluding hydrogens is 727 g/mol. The summed E-state index contributed by atoms with van der Waals surface area (Å²) in [5.41, 5.74) is 8.81. The largest absolute Gasteiger partial charge is 0.456 e. The second kappa shape index (κ2) is 13.1. The van der Waals surface area contributed by atoms with Crippen molar-refractivity contribution in [3.8, 4) is 56.4 Å². The maximum atomic E-state index is 6.55. The molecule has 0 aliphatic carbocycles. The van der Waals surface area contributed by atoms with Gasteiger partial charge in [0.2, 0.25) is 0 Å². The van der Waals surface area contributed by atoms with E-state index in [4.69, 9.17) is 19.4 Å². The summed E-state index contributed by atoms with van der Waals surface area (Å²) in [5, 5.41) is 9.36. The average Bonchev–Trinajstić information content (AvgIpc) is 3.88. The van der Waals surface area contributed by atoms with E-state index in [0.717, 1.165) is 66.3 Å². The fourth-order valence-corrected chi connectivity index (χ4v) is 10.0. The molecule has 0 bridgehead atoms. The van der Waals surface area contributed by atoms with Gasteiger partial charge in [-0.05, 0) is 56.4 Å². The van der Waals surface area contributed by atoms with Crippen molar-refractivity contribution < 1.29 is 4.42 Å². The first-order chi connectivity index (χ1) is 28.7. The first-order valence-electron chi connectivity index (χ1n) is 19.4. The Labute approximate surface area is 337 Å². The zero-order chi connectivity index (χ0) is 38.2. The first-order valence-corrected chi connectivity index (χ1v) is 20.2. The molecule has 0 N–H and O–H groups in total. The third-order valence-electron chi connectivity index (χ3n) is 11.3. The van der Waals surface area contributed by atoms with E-state index >= 15 is 0 Å². The number of fused-ring (bicyclic) bond motifs is 9. The number of hydrogen-bond acceptors (Lipinski definition) is 5. The third-order valence-corrected chi connectivity index (χ3v) is 12.6. The van der Waals surface area contributed by atoms with Crippen LogP contribution in [0.3, 0.4) is 0 Å². The lowest BCUT2D eigenvalue weighted by Gasteiger charge is -2.13. The van der Waals surface area contributed by atoms with Crippen LogP contribution in [0.2, 0.25) is 0 Å². The van der Waals surface area contributed by atoms with E-state index in [2.05, 4.69) is 164 Å². The summed E-state index contributed by atoms with van der Waals surface area (Å²) in [6, 6.07) is 66.1. The van der Waals surface area contributed by atoms with Crippen LogP contribution in [0.5, 0.6) is 0 Å². The van der Waals surface area contributed by atoms with E-state index in [-0.39, 0.29) is 0 Å². The predicted molar refractivity (Wildman–Crippen MR) is 242 cm³/mol. The fourth-order valence-electron chi connectivity index (χ4n) is 8.64. The normalized spacial score (nSPS) is 11.8. The van der Waals surface area contributed by atoms with Crippen LogP contribution < -0.4 is 0 Å². The predicted octanol–water partition coefficient (Wildman–Crippen LogP) is 14.8. The summed E-state index contributed by atoms with van der Waals surface area (Å²) in [6.07, 6.45) is 0. The van der Waals surface area contributed by atoms with Gasteiger partial charge in [0, 0.05) is 53.2 Å². The monoisotopic (exact) mass is 757 g/mol. The van der Waals surface area contributed by atoms with Crippen molar-refractivity contribution in [3.05, 3.63) is 188 Å². The van der Waals surface area contributed by atoms with Gasteiger partial charge in [0.25, 0.3) is 0 Å². The molecule has 9 aromatic carbocycles. The van der Waals surface area contributed by atoms with E-state index in [1.54, 1.807) is 0 Å². The number of aromatic nitrogens is 3. The molecule has 0 atom stereocenters. The quantitative estimate of drug-likeness (QED) is 0.175. The highest BCUT2D eigenvalue weighted by atomic mass is 32.1. The molecule has 0 fully saturated rings. The van der Waals surface area contributed by atoms with Crippen LogP contribution >= 0.6 is 11.3 Å². The molecule has 0 saturated heterocycles. The Morgan fingerprint density at radius 3 is 1.74 bits per heavy atom. The molecule has 0 aliphatic heterocycles. The SMILES string of the molecule is c1ccc(-c2cccc3oc4cccc(-c5nc(-c6ccc7ccccc7c6)nc(-c6ccccc6-c6cccc7c6sc6c8ccccc8ccc76)n5)c4c23)cc1. The molecule has 0 unspecified atom stereocenters. The number of nitrogens with zero attached hydrogens (tertiary/aromatic N) is 3. The maximum absolute atomic E-state index is 6.55. The van der Waals surface area contributed by atoms with Crippen molar-refractivity contribution in [1.29, 1.82) is 0 Å². The molecule has 3 aromatic heterocycles. The number of thiophene rings is 1. The molecule has 3 heterocycles. The van der Waals surface area contributed by atoms with Crippen LogP contribution in [-0.2, 0) is 0 Å². The molecule has 0 spiro atoms. The molecule has 12 rings (SSSR count). The Balaban J connectivity index is 1.12. The van der Waals surface area contributed by atoms with E-state index in [1.807, 2.05) is 35.6 Å². The summed E-state index contributed by atoms with van der Waals surface area (Å²) in [6.45, 7) is 0. The van der Waals surface area contributed by atoms with Gasteiger partial charge >= 0.3 is 0 Å². The lowest BCUT2D eigenvalue weighted by atomic mass is 9.96. The van der Waals surface area contributed by atoms with Crippen LogP contribution in [0.25, 0.3) is 120 Å². The highest BCUT2D eigenvalue weighted by Crippen LogP contribution is 2.45. The Morgan fingerprint density at radius 1 is 0.328 bits per heavy atom. The minimum Gasteiger partial charge on any atom is -0.456 e. The Kier molecular flexibility index (Phi) is 7.37. The number of furan rings is 1. The average molecular weight is 758 g/mol. The summed E-state index contributed by atoms with van der Waals surface area (Å²) in [7, 11) is 0. The lowest BCUT2D eigenvalue weighted by Crippen LogP contribution is -2.01. The lowest BCUT2D eigenvalue weighted by molar-refractivity contribution is 0.669. The topological polar surface area (TPSA) is 51.8 Å². The second-order valence-corrected chi connectivity index (χ2v) is 15.7. The molecule has 0 aliphatic rings. The zero-order valence-corrected chi connectivity index (χ0v) is 31.9. The van der Waals surface area contributed by atoms with Gasteiger partial charge in [-0.25, -0.2) is 15.0 Å². The standard InChI is InChI=1S/C53H31N3OS/c1-2-14-33(15-3-1)37-21-11-25-45-47(37)48-44(24-12-26-46(48)57-45)53-55-51(36-28-27-32-13-4-5-17-35(32)31-36)54-52(56-53)43-20-9-8-19-39(43)40-22-10-23-41-42-30-29-34-16-6-7-18-38(34)49(42)58-50(40)41/h1-31H. The van der Waals surface area contributed by atoms with Crippen LogP contribution in [0.4, 0.5) is 0 Å². The van der Waals surface area contributed by atoms with E-state index in [9.17, 15) is 0 Å². The molecule has 270 valence electrons. The highest BCUT2D eigenvalue weighted by molar-refractivity contribution is 7.27. The Morgan fingerprint density at radius 2 is 0.897 bits per heavy atom. The molecule has 5 heteroatoms. The van der Waals surface area contributed by atoms with Gasteiger partial charge in [0.05, 0.1) is 0 Å². The van der Waals surface area contributed by atoms with Crippen LogP contribution in [-0.4, -0.2) is 15.0 Å². The van der Waals surface area contributed by atoms with E-state index in [1.165, 1.54) is 36.3 Å². The molecular formula is C53H31N3OS. The van der Waals surface area contributed by atoms with Crippen molar-refractivity contribution in [2.45, 2.75) is 0 Å². The summed E-state index contributed by atoms with van der Waals surface area (Å²) >= 11 is 1.86. The third kappa shape index (κ3) is 5.18. The van der Waals surface area contributed by atoms with Crippen molar-refractivity contribution >= 4 is 75.0 Å². The van der Waals surface area contributed by atoms with Crippen molar-refractivity contribution in [3.63, 3.8) is 0 Å². The Hall–Kier alpha value is -7.47. The van der Waals surface area contributed by atoms with Crippen molar-refractivity contribution in [2.75, 3.05) is 0 Å². The van der Waals surface area contributed by atoms with Crippen LogP contribution in [0, 0.1) is 0 Å². The second-order valence-electron chi connectivity index (χ2n) is 14.7. The van der Waals surface area contributed by atoms with Crippen LogP contribution in [0.15, 0.2) is 192 Å². The molecule has 58 heavy (non-hydrogen) atoms. The molecule has 0 radical (unpaired) electrons. The van der Waals surface area contributed by atoms with Gasteiger partial charge < -0.3 is 4.42 Å². The van der Waals surface area contributed by atoms with Crippen molar-refractivity contribution in [2.24, 2.45) is 0 Å². The van der Waals surface area contributed by atoms with E-state index in [0.29, 0.717) is 17.5 Å². The smallest absolute Gasteiger partial charge is 0.164 e. The molecule has 0 amide bonds. The maximum Gasteiger partial charge on any atom is 0.164 e. The number of rotatable bonds is 5. The molecule has 12 aromatic rings. The molecule has 0 saturated carbocycles.